The highest BCUT2D eigenvalue weighted by molar-refractivity contribution is 5.98. The minimum absolute atomic E-state index is 0.0439. The van der Waals surface area contributed by atoms with Gasteiger partial charge in [-0.3, -0.25) is 9.69 Å². The Morgan fingerprint density at radius 2 is 1.76 bits per heavy atom. The van der Waals surface area contributed by atoms with E-state index < -0.39 is 5.72 Å². The Labute approximate surface area is 192 Å². The summed E-state index contributed by atoms with van der Waals surface area (Å²) in [5, 5.41) is 3.12. The Bertz CT molecular complexity index is 1240. The molecular weight excluding hydrogens is 418 g/mol. The molecule has 0 radical (unpaired) electrons. The predicted molar refractivity (Wildman–Crippen MR) is 123 cm³/mol. The average Bonchev–Trinajstić information content (AvgIpc) is 3.39. The zero-order valence-electron chi connectivity index (χ0n) is 18.9. The smallest absolute Gasteiger partial charge is 0.258 e. The highest BCUT2D eigenvalue weighted by Crippen LogP contribution is 2.36. The highest BCUT2D eigenvalue weighted by atomic mass is 16.7. The number of likely N-dealkylation sites (tertiary alicyclic amines) is 1. The molecule has 0 atom stereocenters. The number of hydrogen-bond donors (Lipinski definition) is 1. The lowest BCUT2D eigenvalue weighted by Gasteiger charge is -2.44. The summed E-state index contributed by atoms with van der Waals surface area (Å²) in [6, 6.07) is 15.8. The lowest BCUT2D eigenvalue weighted by molar-refractivity contribution is -0.0304. The maximum Gasteiger partial charge on any atom is 0.258 e. The number of nitrogens with one attached hydrogen (secondary N) is 1. The highest BCUT2D eigenvalue weighted by Gasteiger charge is 2.42. The molecule has 6 rings (SSSR count). The van der Waals surface area contributed by atoms with E-state index in [0.717, 1.165) is 49.7 Å². The van der Waals surface area contributed by atoms with Crippen molar-refractivity contribution in [3.8, 4) is 22.9 Å². The standard InChI is InChI=1S/C26H27N3O4/c1-17-13-19(18(2)29(17)20-7-8-23-24(14-20)32-16-31-23)15-28-11-9-26(10-12-28)27-25(30)21-5-3-4-6-22(21)33-26/h3-8,13-14H,9-12,15-16H2,1-2H3,(H,27,30). The molecule has 1 fully saturated rings. The van der Waals surface area contributed by atoms with Crippen molar-refractivity contribution >= 4 is 5.91 Å². The Kier molecular flexibility index (Phi) is 4.62. The molecule has 1 spiro atoms. The summed E-state index contributed by atoms with van der Waals surface area (Å²) in [7, 11) is 0. The van der Waals surface area contributed by atoms with Crippen molar-refractivity contribution in [2.24, 2.45) is 0 Å². The second kappa shape index (κ2) is 7.56. The molecule has 1 saturated heterocycles. The van der Waals surface area contributed by atoms with Crippen molar-refractivity contribution in [1.82, 2.24) is 14.8 Å². The molecule has 4 heterocycles. The second-order valence-corrected chi connectivity index (χ2v) is 9.09. The van der Waals surface area contributed by atoms with Crippen LogP contribution < -0.4 is 19.5 Å². The van der Waals surface area contributed by atoms with E-state index in [4.69, 9.17) is 14.2 Å². The Morgan fingerprint density at radius 1 is 0.970 bits per heavy atom. The summed E-state index contributed by atoms with van der Waals surface area (Å²) in [5.41, 5.74) is 4.81. The third-order valence-electron chi connectivity index (χ3n) is 6.99. The van der Waals surface area contributed by atoms with Crippen LogP contribution in [-0.2, 0) is 6.54 Å². The van der Waals surface area contributed by atoms with E-state index in [-0.39, 0.29) is 12.7 Å². The molecule has 7 heteroatoms. The maximum atomic E-state index is 12.6. The van der Waals surface area contributed by atoms with E-state index in [1.807, 2.05) is 36.4 Å². The number of amides is 1. The van der Waals surface area contributed by atoms with E-state index in [1.165, 1.54) is 17.0 Å². The number of piperidine rings is 1. The lowest BCUT2D eigenvalue weighted by Crippen LogP contribution is -2.60. The van der Waals surface area contributed by atoms with Crippen LogP contribution in [0, 0.1) is 13.8 Å². The largest absolute Gasteiger partial charge is 0.467 e. The van der Waals surface area contributed by atoms with Gasteiger partial charge >= 0.3 is 0 Å². The molecule has 33 heavy (non-hydrogen) atoms. The maximum absolute atomic E-state index is 12.6. The first kappa shape index (κ1) is 20.2. The van der Waals surface area contributed by atoms with Gasteiger partial charge in [0.1, 0.15) is 5.75 Å². The van der Waals surface area contributed by atoms with E-state index in [1.54, 1.807) is 0 Å². The van der Waals surface area contributed by atoms with Gasteiger partial charge in [0.15, 0.2) is 17.2 Å². The summed E-state index contributed by atoms with van der Waals surface area (Å²) >= 11 is 0. The molecule has 1 aromatic heterocycles. The number of rotatable bonds is 3. The monoisotopic (exact) mass is 445 g/mol. The van der Waals surface area contributed by atoms with Crippen LogP contribution >= 0.6 is 0 Å². The quantitative estimate of drug-likeness (QED) is 0.662. The summed E-state index contributed by atoms with van der Waals surface area (Å²) in [6.45, 7) is 7.16. The average molecular weight is 446 g/mol. The van der Waals surface area contributed by atoms with Crippen molar-refractivity contribution < 1.29 is 19.0 Å². The van der Waals surface area contributed by atoms with Crippen LogP contribution in [0.3, 0.4) is 0 Å². The molecule has 1 N–H and O–H groups in total. The fraction of sp³-hybridized carbons (Fsp3) is 0.346. The van der Waals surface area contributed by atoms with Gasteiger partial charge < -0.3 is 24.1 Å². The predicted octanol–water partition coefficient (Wildman–Crippen LogP) is 3.94. The van der Waals surface area contributed by atoms with Gasteiger partial charge in [0.05, 0.1) is 5.56 Å². The molecule has 1 amide bonds. The Hall–Kier alpha value is -3.45. The first-order valence-corrected chi connectivity index (χ1v) is 11.4. The molecule has 0 saturated carbocycles. The number of benzene rings is 2. The summed E-state index contributed by atoms with van der Waals surface area (Å²) < 4.78 is 19.6. The topological polar surface area (TPSA) is 65.0 Å². The van der Waals surface area contributed by atoms with Crippen molar-refractivity contribution in [3.63, 3.8) is 0 Å². The number of carbonyl (C=O) groups excluding carboxylic acids is 1. The van der Waals surface area contributed by atoms with Crippen LogP contribution in [0.2, 0.25) is 0 Å². The molecule has 2 aromatic carbocycles. The van der Waals surface area contributed by atoms with Crippen molar-refractivity contribution in [3.05, 3.63) is 71.0 Å². The number of aryl methyl sites for hydroxylation is 1. The van der Waals surface area contributed by atoms with Gasteiger partial charge in [-0.15, -0.1) is 0 Å². The number of carbonyl (C=O) groups is 1. The van der Waals surface area contributed by atoms with Gasteiger partial charge in [-0.2, -0.15) is 0 Å². The third-order valence-corrected chi connectivity index (χ3v) is 6.99. The SMILES string of the molecule is Cc1cc(CN2CCC3(CC2)NC(=O)c2ccccc2O3)c(C)n1-c1ccc2c(c1)OCO2. The molecule has 3 aliphatic rings. The zero-order valence-corrected chi connectivity index (χ0v) is 18.9. The zero-order chi connectivity index (χ0) is 22.6. The summed E-state index contributed by atoms with van der Waals surface area (Å²) in [6.07, 6.45) is 1.52. The number of ether oxygens (including phenoxy) is 3. The summed E-state index contributed by atoms with van der Waals surface area (Å²) in [5.74, 6) is 2.22. The number of aromatic nitrogens is 1. The molecule has 3 aromatic rings. The summed E-state index contributed by atoms with van der Waals surface area (Å²) in [4.78, 5) is 15.0. The van der Waals surface area contributed by atoms with Gasteiger partial charge in [0, 0.05) is 55.6 Å². The molecule has 0 aliphatic carbocycles. The van der Waals surface area contributed by atoms with Crippen molar-refractivity contribution in [2.45, 2.75) is 39.0 Å². The second-order valence-electron chi connectivity index (χ2n) is 9.09. The van der Waals surface area contributed by atoms with E-state index in [2.05, 4.69) is 40.8 Å². The first-order chi connectivity index (χ1) is 16.0. The molecule has 0 bridgehead atoms. The van der Waals surface area contributed by atoms with E-state index in [9.17, 15) is 4.79 Å². The van der Waals surface area contributed by atoms with Crippen LogP contribution in [0.4, 0.5) is 0 Å². The van der Waals surface area contributed by atoms with Crippen LogP contribution in [0.25, 0.3) is 5.69 Å². The third kappa shape index (κ3) is 3.43. The minimum Gasteiger partial charge on any atom is -0.467 e. The normalized spacial score (nSPS) is 18.7. The van der Waals surface area contributed by atoms with Gasteiger partial charge in [0.25, 0.3) is 5.91 Å². The van der Waals surface area contributed by atoms with E-state index in [0.29, 0.717) is 11.3 Å². The van der Waals surface area contributed by atoms with Gasteiger partial charge in [-0.05, 0) is 49.7 Å². The first-order valence-electron chi connectivity index (χ1n) is 11.4. The van der Waals surface area contributed by atoms with Crippen LogP contribution in [0.1, 0.15) is 40.2 Å². The number of nitrogens with zero attached hydrogens (tertiary/aromatic N) is 2. The fourth-order valence-electron chi connectivity index (χ4n) is 5.20. The molecule has 0 unspecified atom stereocenters. The van der Waals surface area contributed by atoms with Crippen LogP contribution in [-0.4, -0.2) is 41.0 Å². The van der Waals surface area contributed by atoms with Crippen molar-refractivity contribution in [1.29, 1.82) is 0 Å². The molecule has 3 aliphatic heterocycles. The molecular formula is C26H27N3O4. The molecule has 170 valence electrons. The van der Waals surface area contributed by atoms with Crippen LogP contribution in [0.15, 0.2) is 48.5 Å². The van der Waals surface area contributed by atoms with Crippen LogP contribution in [0.5, 0.6) is 17.2 Å². The Morgan fingerprint density at radius 3 is 2.61 bits per heavy atom. The molecule has 7 nitrogen and oxygen atoms in total. The Balaban J connectivity index is 1.17. The van der Waals surface area contributed by atoms with Gasteiger partial charge in [0.2, 0.25) is 6.79 Å². The van der Waals surface area contributed by atoms with Crippen molar-refractivity contribution in [2.75, 3.05) is 19.9 Å². The van der Waals surface area contributed by atoms with Gasteiger partial charge in [-0.25, -0.2) is 0 Å². The number of hydrogen-bond acceptors (Lipinski definition) is 5. The number of fused-ring (bicyclic) bond motifs is 2. The number of para-hydroxylation sites is 1. The minimum atomic E-state index is -0.606. The lowest BCUT2D eigenvalue weighted by atomic mass is 9.96. The fourth-order valence-corrected chi connectivity index (χ4v) is 5.20. The van der Waals surface area contributed by atoms with E-state index >= 15 is 0 Å². The van der Waals surface area contributed by atoms with Gasteiger partial charge in [-0.1, -0.05) is 12.1 Å².